The van der Waals surface area contributed by atoms with Gasteiger partial charge >= 0.3 is 0 Å². The minimum atomic E-state index is -0.420. The molecule has 0 aliphatic heterocycles. The van der Waals surface area contributed by atoms with Crippen LogP contribution in [0.15, 0.2) is 0 Å². The van der Waals surface area contributed by atoms with Gasteiger partial charge in [0.1, 0.15) is 0 Å². The van der Waals surface area contributed by atoms with Gasteiger partial charge in [-0.05, 0) is 25.7 Å². The van der Waals surface area contributed by atoms with E-state index >= 15 is 0 Å². The fourth-order valence-electron chi connectivity index (χ4n) is 1.76. The van der Waals surface area contributed by atoms with Crippen LogP contribution in [0.4, 0.5) is 0 Å². The molecule has 0 bridgehead atoms. The van der Waals surface area contributed by atoms with Crippen LogP contribution in [-0.2, 0) is 4.79 Å². The van der Waals surface area contributed by atoms with E-state index in [9.17, 15) is 4.79 Å². The second-order valence-electron chi connectivity index (χ2n) is 6.56. The van der Waals surface area contributed by atoms with Gasteiger partial charge in [-0.15, -0.1) is 0 Å². The average Bonchev–Trinajstić information content (AvgIpc) is 2.13. The molecule has 0 radical (unpaired) electrons. The molecule has 0 saturated heterocycles. The predicted octanol–water partition coefficient (Wildman–Crippen LogP) is 2.84. The first-order valence-electron chi connectivity index (χ1n) is 6.72. The summed E-state index contributed by atoms with van der Waals surface area (Å²) in [5.74, 6) is 0.0565. The molecule has 0 fully saturated rings. The summed E-state index contributed by atoms with van der Waals surface area (Å²) < 4.78 is 0. The van der Waals surface area contributed by atoms with Crippen molar-refractivity contribution in [3.8, 4) is 0 Å². The molecule has 0 spiro atoms. The summed E-state index contributed by atoms with van der Waals surface area (Å²) in [6.07, 6.45) is 5.30. The van der Waals surface area contributed by atoms with Crippen molar-refractivity contribution in [2.45, 2.75) is 72.3 Å². The van der Waals surface area contributed by atoms with Crippen LogP contribution in [0.1, 0.15) is 66.7 Å². The third-order valence-corrected chi connectivity index (χ3v) is 2.84. The van der Waals surface area contributed by atoms with Gasteiger partial charge in [0, 0.05) is 18.5 Å². The number of hydrogen-bond donors (Lipinski definition) is 2. The van der Waals surface area contributed by atoms with Crippen LogP contribution in [0.25, 0.3) is 0 Å². The molecule has 3 heteroatoms. The van der Waals surface area contributed by atoms with Crippen LogP contribution in [0.3, 0.4) is 0 Å². The molecule has 0 heterocycles. The Morgan fingerprint density at radius 1 is 1.18 bits per heavy atom. The highest BCUT2D eigenvalue weighted by molar-refractivity contribution is 5.77. The Balaban J connectivity index is 3.88. The molecule has 1 amide bonds. The maximum atomic E-state index is 11.6. The minimum absolute atomic E-state index is 0.0565. The largest absolute Gasteiger partial charge is 0.356 e. The quantitative estimate of drug-likeness (QED) is 0.643. The number of hydrogen-bond acceptors (Lipinski definition) is 2. The van der Waals surface area contributed by atoms with Crippen molar-refractivity contribution in [3.63, 3.8) is 0 Å². The van der Waals surface area contributed by atoms with Gasteiger partial charge in [0.25, 0.3) is 0 Å². The Kier molecular flexibility index (Phi) is 6.76. The molecular weight excluding hydrogens is 212 g/mol. The van der Waals surface area contributed by atoms with E-state index in [1.165, 1.54) is 19.3 Å². The summed E-state index contributed by atoms with van der Waals surface area (Å²) in [6, 6.07) is 0. The molecule has 0 unspecified atom stereocenters. The zero-order valence-corrected chi connectivity index (χ0v) is 12.2. The molecule has 17 heavy (non-hydrogen) atoms. The van der Waals surface area contributed by atoms with E-state index < -0.39 is 5.54 Å². The van der Waals surface area contributed by atoms with Crippen LogP contribution in [-0.4, -0.2) is 18.0 Å². The topological polar surface area (TPSA) is 55.1 Å². The first-order valence-corrected chi connectivity index (χ1v) is 6.72. The molecule has 0 aromatic carbocycles. The van der Waals surface area contributed by atoms with Crippen molar-refractivity contribution in [2.24, 2.45) is 11.1 Å². The molecule has 0 rings (SSSR count). The van der Waals surface area contributed by atoms with Gasteiger partial charge in [0.2, 0.25) is 5.91 Å². The van der Waals surface area contributed by atoms with Gasteiger partial charge in [-0.1, -0.05) is 40.0 Å². The monoisotopic (exact) mass is 242 g/mol. The number of nitrogens with two attached hydrogens (primary N) is 1. The Morgan fingerprint density at radius 3 is 2.24 bits per heavy atom. The summed E-state index contributed by atoms with van der Waals surface area (Å²) in [5, 5.41) is 2.99. The van der Waals surface area contributed by atoms with Crippen molar-refractivity contribution >= 4 is 5.91 Å². The zero-order valence-electron chi connectivity index (χ0n) is 12.2. The zero-order chi connectivity index (χ0) is 13.5. The fraction of sp³-hybridized carbons (Fsp3) is 0.929. The van der Waals surface area contributed by atoms with Crippen molar-refractivity contribution < 1.29 is 4.79 Å². The third kappa shape index (κ3) is 10.3. The van der Waals surface area contributed by atoms with Crippen molar-refractivity contribution in [1.29, 1.82) is 0 Å². The molecule has 0 atom stereocenters. The number of carbonyl (C=O) groups excluding carboxylic acids is 1. The van der Waals surface area contributed by atoms with Crippen LogP contribution in [0, 0.1) is 5.41 Å². The lowest BCUT2D eigenvalue weighted by atomic mass is 9.86. The van der Waals surface area contributed by atoms with Crippen molar-refractivity contribution in [2.75, 3.05) is 6.54 Å². The maximum Gasteiger partial charge on any atom is 0.221 e. The highest BCUT2D eigenvalue weighted by atomic mass is 16.1. The molecule has 3 N–H and O–H groups in total. The molecule has 3 nitrogen and oxygen atoms in total. The highest BCUT2D eigenvalue weighted by Crippen LogP contribution is 2.22. The van der Waals surface area contributed by atoms with Gasteiger partial charge in [0.15, 0.2) is 0 Å². The molecule has 0 aliphatic rings. The highest BCUT2D eigenvalue weighted by Gasteiger charge is 2.20. The van der Waals surface area contributed by atoms with Crippen LogP contribution >= 0.6 is 0 Å². The van der Waals surface area contributed by atoms with Crippen LogP contribution in [0.5, 0.6) is 0 Å². The van der Waals surface area contributed by atoms with Gasteiger partial charge in [-0.2, -0.15) is 0 Å². The van der Waals surface area contributed by atoms with E-state index in [1.807, 2.05) is 13.8 Å². The summed E-state index contributed by atoms with van der Waals surface area (Å²) in [5.41, 5.74) is 5.58. The lowest BCUT2D eigenvalue weighted by Crippen LogP contribution is -2.41. The second kappa shape index (κ2) is 7.00. The lowest BCUT2D eigenvalue weighted by Gasteiger charge is -2.26. The second-order valence-corrected chi connectivity index (χ2v) is 6.56. The van der Waals surface area contributed by atoms with E-state index in [1.54, 1.807) is 0 Å². The van der Waals surface area contributed by atoms with Gasteiger partial charge in [-0.25, -0.2) is 0 Å². The van der Waals surface area contributed by atoms with Crippen LogP contribution < -0.4 is 11.1 Å². The average molecular weight is 242 g/mol. The first kappa shape index (κ1) is 16.4. The van der Waals surface area contributed by atoms with E-state index in [2.05, 4.69) is 26.1 Å². The summed E-state index contributed by atoms with van der Waals surface area (Å²) in [7, 11) is 0. The number of nitrogens with one attached hydrogen (secondary N) is 1. The number of amides is 1. The number of rotatable bonds is 8. The maximum absolute atomic E-state index is 11.6. The van der Waals surface area contributed by atoms with Crippen LogP contribution in [0.2, 0.25) is 0 Å². The molecule has 0 aliphatic carbocycles. The van der Waals surface area contributed by atoms with Crippen molar-refractivity contribution in [1.82, 2.24) is 5.32 Å². The number of unbranched alkanes of at least 4 members (excludes halogenated alkanes) is 2. The van der Waals surface area contributed by atoms with Crippen molar-refractivity contribution in [3.05, 3.63) is 0 Å². The Bertz CT molecular complexity index is 229. The summed E-state index contributed by atoms with van der Waals surface area (Å²) >= 11 is 0. The van der Waals surface area contributed by atoms with E-state index in [0.717, 1.165) is 13.0 Å². The summed E-state index contributed by atoms with van der Waals surface area (Å²) in [6.45, 7) is 11.1. The third-order valence-electron chi connectivity index (χ3n) is 2.84. The lowest BCUT2D eigenvalue weighted by molar-refractivity contribution is -0.122. The van der Waals surface area contributed by atoms with Gasteiger partial charge in [-0.3, -0.25) is 4.79 Å². The SMILES string of the molecule is CCCCCC(C)(C)CNC(=O)CC(C)(C)N. The number of carbonyl (C=O) groups is 1. The van der Waals surface area contributed by atoms with E-state index in [0.29, 0.717) is 6.42 Å². The fourth-order valence-corrected chi connectivity index (χ4v) is 1.76. The minimum Gasteiger partial charge on any atom is -0.356 e. The molecule has 0 aromatic heterocycles. The Morgan fingerprint density at radius 2 is 1.76 bits per heavy atom. The molecule has 0 saturated carbocycles. The molecule has 0 aromatic rings. The first-order chi connectivity index (χ1) is 7.66. The van der Waals surface area contributed by atoms with E-state index in [4.69, 9.17) is 5.73 Å². The Labute approximate surface area is 107 Å². The van der Waals surface area contributed by atoms with E-state index in [-0.39, 0.29) is 11.3 Å². The normalized spacial score (nSPS) is 12.6. The van der Waals surface area contributed by atoms with Gasteiger partial charge < -0.3 is 11.1 Å². The standard InChI is InChI=1S/C14H30N2O/c1-6-7-8-9-13(2,3)11-16-12(17)10-14(4,5)15/h6-11,15H2,1-5H3,(H,16,17). The molecular formula is C14H30N2O. The smallest absolute Gasteiger partial charge is 0.221 e. The summed E-state index contributed by atoms with van der Waals surface area (Å²) in [4.78, 5) is 11.6. The Hall–Kier alpha value is -0.570. The van der Waals surface area contributed by atoms with Gasteiger partial charge in [0.05, 0.1) is 0 Å². The predicted molar refractivity (Wildman–Crippen MR) is 73.8 cm³/mol. The molecule has 102 valence electrons.